The van der Waals surface area contributed by atoms with E-state index in [9.17, 15) is 20.3 Å². The van der Waals surface area contributed by atoms with E-state index in [0.29, 0.717) is 24.4 Å². The van der Waals surface area contributed by atoms with Crippen LogP contribution in [-0.2, 0) is 11.9 Å². The molecule has 1 aromatic heterocycles. The Morgan fingerprint density at radius 2 is 2.25 bits per heavy atom. The first-order valence-electron chi connectivity index (χ1n) is 6.27. The monoisotopic (exact) mass is 282 g/mol. The average molecular weight is 282 g/mol. The number of imidazole rings is 1. The molecule has 0 amide bonds. The molecule has 1 aliphatic carbocycles. The van der Waals surface area contributed by atoms with E-state index in [-0.39, 0.29) is 11.7 Å². The van der Waals surface area contributed by atoms with Gasteiger partial charge >= 0.3 is 5.82 Å². The lowest BCUT2D eigenvalue weighted by molar-refractivity contribution is -0.391. The number of fused-ring (bicyclic) bond motifs is 1. The second kappa shape index (κ2) is 4.53. The number of aromatic nitrogens is 2. The Balaban J connectivity index is 1.91. The first-order chi connectivity index (χ1) is 9.50. The molecule has 2 heterocycles. The molecule has 9 nitrogen and oxygen atoms in total. The summed E-state index contributed by atoms with van der Waals surface area (Å²) in [6.07, 6.45) is -0.282. The van der Waals surface area contributed by atoms with Gasteiger partial charge in [-0.3, -0.25) is 0 Å². The van der Waals surface area contributed by atoms with E-state index in [2.05, 4.69) is 10.1 Å². The van der Waals surface area contributed by atoms with E-state index in [1.165, 1.54) is 17.8 Å². The zero-order valence-electron chi connectivity index (χ0n) is 10.7. The molecule has 3 rings (SSSR count). The average Bonchev–Trinajstić information content (AvgIpc) is 2.97. The lowest BCUT2D eigenvalue weighted by Gasteiger charge is -2.31. The van der Waals surface area contributed by atoms with Gasteiger partial charge in [0.2, 0.25) is 5.82 Å². The third kappa shape index (κ3) is 1.78. The second-order valence-corrected chi connectivity index (χ2v) is 5.04. The Morgan fingerprint density at radius 1 is 1.50 bits per heavy atom. The SMILES string of the molecule is Cn1c([N+](=O)[O-])cnc1C1=NO[C@@H]2C(O)C(O)CC[C@H]12. The number of hydrogen-bond donors (Lipinski definition) is 2. The Bertz CT molecular complexity index is 583. The molecule has 2 aliphatic rings. The summed E-state index contributed by atoms with van der Waals surface area (Å²) in [4.78, 5) is 19.5. The normalized spacial score (nSPS) is 32.5. The molecule has 2 N–H and O–H groups in total. The molecule has 0 saturated heterocycles. The highest BCUT2D eigenvalue weighted by Gasteiger charge is 2.48. The van der Waals surface area contributed by atoms with Gasteiger partial charge in [-0.25, -0.2) is 9.55 Å². The van der Waals surface area contributed by atoms with Gasteiger partial charge in [-0.05, 0) is 17.8 Å². The maximum atomic E-state index is 10.8. The summed E-state index contributed by atoms with van der Waals surface area (Å²) >= 11 is 0. The summed E-state index contributed by atoms with van der Waals surface area (Å²) < 4.78 is 1.34. The largest absolute Gasteiger partial charge is 0.390 e. The lowest BCUT2D eigenvalue weighted by Crippen LogP contribution is -2.47. The van der Waals surface area contributed by atoms with Gasteiger partial charge in [-0.15, -0.1) is 0 Å². The Kier molecular flexibility index (Phi) is 2.94. The molecule has 4 atom stereocenters. The first-order valence-corrected chi connectivity index (χ1v) is 6.27. The molecule has 1 aliphatic heterocycles. The molecular formula is C11H14N4O5. The van der Waals surface area contributed by atoms with Crippen LogP contribution in [0.4, 0.5) is 5.82 Å². The van der Waals surface area contributed by atoms with Crippen LogP contribution in [0.15, 0.2) is 11.4 Å². The van der Waals surface area contributed by atoms with Crippen molar-refractivity contribution in [3.8, 4) is 0 Å². The molecule has 0 radical (unpaired) electrons. The fourth-order valence-corrected chi connectivity index (χ4v) is 2.77. The number of aliphatic hydroxyl groups excluding tert-OH is 2. The van der Waals surface area contributed by atoms with Gasteiger partial charge in [0.15, 0.2) is 11.8 Å². The zero-order chi connectivity index (χ0) is 14.4. The van der Waals surface area contributed by atoms with Gasteiger partial charge < -0.3 is 25.2 Å². The van der Waals surface area contributed by atoms with E-state index in [0.717, 1.165) is 0 Å². The lowest BCUT2D eigenvalue weighted by atomic mass is 9.80. The van der Waals surface area contributed by atoms with Crippen molar-refractivity contribution >= 4 is 11.5 Å². The van der Waals surface area contributed by atoms with Gasteiger partial charge in [-0.2, -0.15) is 0 Å². The summed E-state index contributed by atoms with van der Waals surface area (Å²) in [6, 6.07) is 0. The summed E-state index contributed by atoms with van der Waals surface area (Å²) in [5.41, 5.74) is 0.483. The molecule has 0 bridgehead atoms. The van der Waals surface area contributed by atoms with Crippen molar-refractivity contribution in [3.05, 3.63) is 22.1 Å². The highest BCUT2D eigenvalue weighted by molar-refractivity contribution is 6.00. The molecule has 108 valence electrons. The van der Waals surface area contributed by atoms with Gasteiger partial charge in [0.05, 0.1) is 19.1 Å². The predicted octanol–water partition coefficient (Wildman–Crippen LogP) is -0.437. The molecule has 0 aromatic carbocycles. The summed E-state index contributed by atoms with van der Waals surface area (Å²) in [7, 11) is 1.53. The highest BCUT2D eigenvalue weighted by Crippen LogP contribution is 2.35. The zero-order valence-corrected chi connectivity index (χ0v) is 10.7. The van der Waals surface area contributed by atoms with Crippen LogP contribution >= 0.6 is 0 Å². The van der Waals surface area contributed by atoms with Crippen LogP contribution in [-0.4, -0.2) is 48.7 Å². The topological polar surface area (TPSA) is 123 Å². The molecule has 2 unspecified atom stereocenters. The molecule has 0 spiro atoms. The number of aliphatic hydroxyl groups is 2. The molecule has 1 saturated carbocycles. The molecule has 20 heavy (non-hydrogen) atoms. The third-order valence-corrected chi connectivity index (χ3v) is 3.90. The smallest absolute Gasteiger partial charge is 0.342 e. The molecule has 1 fully saturated rings. The van der Waals surface area contributed by atoms with Gasteiger partial charge in [0.25, 0.3) is 0 Å². The fraction of sp³-hybridized carbons (Fsp3) is 0.636. The van der Waals surface area contributed by atoms with Gasteiger partial charge in [0.1, 0.15) is 12.3 Å². The van der Waals surface area contributed by atoms with Crippen LogP contribution in [0.2, 0.25) is 0 Å². The number of nitrogens with zero attached hydrogens (tertiary/aromatic N) is 4. The van der Waals surface area contributed by atoms with E-state index >= 15 is 0 Å². The quantitative estimate of drug-likeness (QED) is 0.560. The van der Waals surface area contributed by atoms with Crippen LogP contribution in [0.25, 0.3) is 0 Å². The van der Waals surface area contributed by atoms with Crippen LogP contribution in [0.5, 0.6) is 0 Å². The molecule has 9 heteroatoms. The molecular weight excluding hydrogens is 268 g/mol. The number of rotatable bonds is 2. The maximum Gasteiger partial charge on any atom is 0.342 e. The number of nitro groups is 1. The number of oxime groups is 1. The Hall–Kier alpha value is -2.00. The summed E-state index contributed by atoms with van der Waals surface area (Å²) in [5, 5.41) is 34.3. The van der Waals surface area contributed by atoms with Crippen LogP contribution < -0.4 is 0 Å². The Morgan fingerprint density at radius 3 is 2.90 bits per heavy atom. The van der Waals surface area contributed by atoms with Crippen molar-refractivity contribution in [1.82, 2.24) is 9.55 Å². The van der Waals surface area contributed by atoms with E-state index in [4.69, 9.17) is 4.84 Å². The minimum Gasteiger partial charge on any atom is -0.390 e. The minimum absolute atomic E-state index is 0.137. The van der Waals surface area contributed by atoms with Gasteiger partial charge in [0, 0.05) is 0 Å². The predicted molar refractivity (Wildman–Crippen MR) is 66.0 cm³/mol. The van der Waals surface area contributed by atoms with Crippen molar-refractivity contribution < 1.29 is 20.0 Å². The fourth-order valence-electron chi connectivity index (χ4n) is 2.77. The van der Waals surface area contributed by atoms with E-state index in [1.807, 2.05) is 0 Å². The minimum atomic E-state index is -1.01. The van der Waals surface area contributed by atoms with Crippen molar-refractivity contribution in [2.45, 2.75) is 31.2 Å². The van der Waals surface area contributed by atoms with Crippen molar-refractivity contribution in [3.63, 3.8) is 0 Å². The van der Waals surface area contributed by atoms with Crippen LogP contribution in [0.3, 0.4) is 0 Å². The van der Waals surface area contributed by atoms with E-state index in [1.54, 1.807) is 0 Å². The summed E-state index contributed by atoms with van der Waals surface area (Å²) in [6.45, 7) is 0. The second-order valence-electron chi connectivity index (χ2n) is 5.04. The van der Waals surface area contributed by atoms with Crippen molar-refractivity contribution in [2.24, 2.45) is 18.1 Å². The Labute approximate surface area is 113 Å². The number of hydrogen-bond acceptors (Lipinski definition) is 7. The van der Waals surface area contributed by atoms with Gasteiger partial charge in [-0.1, -0.05) is 5.16 Å². The van der Waals surface area contributed by atoms with Crippen LogP contribution in [0.1, 0.15) is 18.7 Å². The third-order valence-electron chi connectivity index (χ3n) is 3.90. The molecule has 1 aromatic rings. The van der Waals surface area contributed by atoms with Crippen molar-refractivity contribution in [1.29, 1.82) is 0 Å². The van der Waals surface area contributed by atoms with Crippen molar-refractivity contribution in [2.75, 3.05) is 0 Å². The van der Waals surface area contributed by atoms with Crippen LogP contribution in [0, 0.1) is 16.0 Å². The van der Waals surface area contributed by atoms with E-state index < -0.39 is 23.2 Å². The summed E-state index contributed by atoms with van der Waals surface area (Å²) in [5.74, 6) is 0.00411. The standard InChI is InChI=1S/C11H14N4O5/c1-14-7(15(18)19)4-12-11(14)8-5-2-3-6(16)9(17)10(5)20-13-8/h4-6,9-10,16-17H,2-3H2,1H3/t5-,6?,9?,10+/m1/s1. The highest BCUT2D eigenvalue weighted by atomic mass is 16.7. The maximum absolute atomic E-state index is 10.8. The first kappa shape index (κ1) is 13.0.